The zero-order valence-electron chi connectivity index (χ0n) is 12.2. The van der Waals surface area contributed by atoms with E-state index in [0.29, 0.717) is 12.2 Å². The second-order valence-electron chi connectivity index (χ2n) is 4.99. The van der Waals surface area contributed by atoms with Crippen molar-refractivity contribution in [2.75, 3.05) is 0 Å². The largest absolute Gasteiger partial charge is 0.409 e. The van der Waals surface area contributed by atoms with E-state index in [4.69, 9.17) is 10.9 Å². The third-order valence-electron chi connectivity index (χ3n) is 3.46. The van der Waals surface area contributed by atoms with E-state index in [1.807, 2.05) is 24.3 Å². The van der Waals surface area contributed by atoms with Crippen molar-refractivity contribution in [3.63, 3.8) is 0 Å². The van der Waals surface area contributed by atoms with Gasteiger partial charge in [0.25, 0.3) is 0 Å². The summed E-state index contributed by atoms with van der Waals surface area (Å²) in [5.41, 5.74) is 9.60. The van der Waals surface area contributed by atoms with Gasteiger partial charge >= 0.3 is 0 Å². The van der Waals surface area contributed by atoms with E-state index in [1.165, 1.54) is 11.1 Å². The van der Waals surface area contributed by atoms with E-state index in [1.54, 1.807) is 6.20 Å². The third kappa shape index (κ3) is 3.79. The molecule has 0 fully saturated rings. The van der Waals surface area contributed by atoms with Crippen LogP contribution in [0.5, 0.6) is 0 Å². The molecular weight excluding hydrogens is 264 g/mol. The molecule has 0 saturated carbocycles. The number of rotatable bonds is 5. The Morgan fingerprint density at radius 1 is 1.38 bits per heavy atom. The van der Waals surface area contributed by atoms with E-state index < -0.39 is 0 Å². The van der Waals surface area contributed by atoms with Crippen LogP contribution in [0.15, 0.2) is 47.8 Å². The highest BCUT2D eigenvalue weighted by molar-refractivity contribution is 5.95. The quantitative estimate of drug-likeness (QED) is 0.340. The number of oxime groups is 1. The number of amidine groups is 1. The van der Waals surface area contributed by atoms with Gasteiger partial charge in [0.15, 0.2) is 5.84 Å². The molecule has 0 aliphatic heterocycles. The number of pyridine rings is 1. The molecule has 0 spiro atoms. The molecule has 1 heterocycles. The number of aromatic nitrogens is 1. The normalized spacial score (nSPS) is 13.1. The fraction of sp³-hybridized carbons (Fsp3) is 0.250. The van der Waals surface area contributed by atoms with Crippen molar-refractivity contribution >= 4 is 5.84 Å². The topological polar surface area (TPSA) is 83.5 Å². The van der Waals surface area contributed by atoms with Crippen LogP contribution >= 0.6 is 0 Å². The molecule has 0 aliphatic carbocycles. The molecule has 1 atom stereocenters. The van der Waals surface area contributed by atoms with Crippen molar-refractivity contribution in [2.24, 2.45) is 10.9 Å². The monoisotopic (exact) mass is 284 g/mol. The van der Waals surface area contributed by atoms with Crippen LogP contribution in [-0.2, 0) is 6.54 Å². The number of nitrogens with one attached hydrogen (secondary N) is 1. The summed E-state index contributed by atoms with van der Waals surface area (Å²) < 4.78 is 0. The van der Waals surface area contributed by atoms with Crippen molar-refractivity contribution in [3.05, 3.63) is 65.0 Å². The SMILES string of the molecule is Cc1ccccc1C(C)NCc1ccnc(C(N)=NO)c1. The van der Waals surface area contributed by atoms with Gasteiger partial charge in [-0.15, -0.1) is 0 Å². The molecule has 110 valence electrons. The van der Waals surface area contributed by atoms with Crippen LogP contribution in [-0.4, -0.2) is 16.0 Å². The molecule has 2 rings (SSSR count). The lowest BCUT2D eigenvalue weighted by atomic mass is 10.0. The highest BCUT2D eigenvalue weighted by Gasteiger charge is 2.08. The molecule has 5 nitrogen and oxygen atoms in total. The summed E-state index contributed by atoms with van der Waals surface area (Å²) in [6.07, 6.45) is 1.66. The smallest absolute Gasteiger partial charge is 0.188 e. The van der Waals surface area contributed by atoms with Crippen LogP contribution in [0.2, 0.25) is 0 Å². The maximum atomic E-state index is 8.68. The predicted octanol–water partition coefficient (Wildman–Crippen LogP) is 2.34. The average Bonchev–Trinajstić information content (AvgIpc) is 2.52. The maximum Gasteiger partial charge on any atom is 0.188 e. The Labute approximate surface area is 124 Å². The summed E-state index contributed by atoms with van der Waals surface area (Å²) in [5.74, 6) is 0.0174. The zero-order valence-corrected chi connectivity index (χ0v) is 12.2. The van der Waals surface area contributed by atoms with E-state index in [2.05, 4.69) is 41.4 Å². The molecule has 0 aliphatic rings. The highest BCUT2D eigenvalue weighted by Crippen LogP contribution is 2.17. The van der Waals surface area contributed by atoms with Gasteiger partial charge < -0.3 is 16.3 Å². The Balaban J connectivity index is 2.05. The first-order valence-electron chi connectivity index (χ1n) is 6.83. The van der Waals surface area contributed by atoms with Gasteiger partial charge in [0.05, 0.1) is 0 Å². The van der Waals surface area contributed by atoms with Crippen molar-refractivity contribution in [2.45, 2.75) is 26.4 Å². The summed E-state index contributed by atoms with van der Waals surface area (Å²) >= 11 is 0. The van der Waals surface area contributed by atoms with E-state index >= 15 is 0 Å². The Morgan fingerprint density at radius 2 is 2.14 bits per heavy atom. The minimum Gasteiger partial charge on any atom is -0.409 e. The fourth-order valence-electron chi connectivity index (χ4n) is 2.23. The Hall–Kier alpha value is -2.40. The van der Waals surface area contributed by atoms with Gasteiger partial charge in [-0.25, -0.2) is 0 Å². The highest BCUT2D eigenvalue weighted by atomic mass is 16.4. The second kappa shape index (κ2) is 6.85. The first-order valence-corrected chi connectivity index (χ1v) is 6.83. The van der Waals surface area contributed by atoms with Gasteiger partial charge in [-0.05, 0) is 42.7 Å². The summed E-state index contributed by atoms with van der Waals surface area (Å²) in [4.78, 5) is 4.07. The van der Waals surface area contributed by atoms with E-state index in [0.717, 1.165) is 5.56 Å². The number of nitrogens with zero attached hydrogens (tertiary/aromatic N) is 2. The molecule has 4 N–H and O–H groups in total. The van der Waals surface area contributed by atoms with Crippen LogP contribution in [0.1, 0.15) is 35.3 Å². The molecule has 21 heavy (non-hydrogen) atoms. The van der Waals surface area contributed by atoms with Gasteiger partial charge in [-0.3, -0.25) is 4.98 Å². The fourth-order valence-corrected chi connectivity index (χ4v) is 2.23. The van der Waals surface area contributed by atoms with Gasteiger partial charge in [-0.2, -0.15) is 0 Å². The van der Waals surface area contributed by atoms with Crippen molar-refractivity contribution < 1.29 is 5.21 Å². The Bertz CT molecular complexity index is 640. The molecular formula is C16H20N4O. The average molecular weight is 284 g/mol. The Kier molecular flexibility index (Phi) is 4.90. The molecule has 1 aromatic heterocycles. The summed E-state index contributed by atoms with van der Waals surface area (Å²) in [5, 5.41) is 15.1. The minimum atomic E-state index is 0.0174. The van der Waals surface area contributed by atoms with Gasteiger partial charge in [0.1, 0.15) is 5.69 Å². The van der Waals surface area contributed by atoms with Gasteiger partial charge in [-0.1, -0.05) is 29.4 Å². The number of hydrogen-bond donors (Lipinski definition) is 3. The zero-order chi connectivity index (χ0) is 15.2. The number of nitrogens with two attached hydrogens (primary N) is 1. The molecule has 0 radical (unpaired) electrons. The Morgan fingerprint density at radius 3 is 2.86 bits per heavy atom. The van der Waals surface area contributed by atoms with Crippen molar-refractivity contribution in [1.82, 2.24) is 10.3 Å². The van der Waals surface area contributed by atoms with Crippen molar-refractivity contribution in [1.29, 1.82) is 0 Å². The van der Waals surface area contributed by atoms with E-state index in [-0.39, 0.29) is 11.9 Å². The molecule has 5 heteroatoms. The molecule has 0 bridgehead atoms. The molecule has 1 aromatic carbocycles. The molecule has 0 amide bonds. The molecule has 0 saturated heterocycles. The standard InChI is InChI=1S/C16H20N4O/c1-11-5-3-4-6-14(11)12(2)19-10-13-7-8-18-15(9-13)16(17)20-21/h3-9,12,19,21H,10H2,1-2H3,(H2,17,20). The van der Waals surface area contributed by atoms with Gasteiger partial charge in [0.2, 0.25) is 0 Å². The van der Waals surface area contributed by atoms with Crippen LogP contribution in [0.4, 0.5) is 0 Å². The lowest BCUT2D eigenvalue weighted by Crippen LogP contribution is -2.20. The van der Waals surface area contributed by atoms with Gasteiger partial charge in [0, 0.05) is 18.8 Å². The lowest BCUT2D eigenvalue weighted by Gasteiger charge is -2.16. The summed E-state index contributed by atoms with van der Waals surface area (Å²) in [6, 6.07) is 12.3. The molecule has 1 unspecified atom stereocenters. The van der Waals surface area contributed by atoms with Crippen LogP contribution in [0, 0.1) is 6.92 Å². The van der Waals surface area contributed by atoms with E-state index in [9.17, 15) is 0 Å². The second-order valence-corrected chi connectivity index (χ2v) is 4.99. The lowest BCUT2D eigenvalue weighted by molar-refractivity contribution is 0.318. The minimum absolute atomic E-state index is 0.0174. The third-order valence-corrected chi connectivity index (χ3v) is 3.46. The van der Waals surface area contributed by atoms with Crippen molar-refractivity contribution in [3.8, 4) is 0 Å². The number of benzene rings is 1. The van der Waals surface area contributed by atoms with Crippen LogP contribution < -0.4 is 11.1 Å². The summed E-state index contributed by atoms with van der Waals surface area (Å²) in [7, 11) is 0. The van der Waals surface area contributed by atoms with Crippen LogP contribution in [0.3, 0.4) is 0 Å². The van der Waals surface area contributed by atoms with Crippen LogP contribution in [0.25, 0.3) is 0 Å². The maximum absolute atomic E-state index is 8.68. The first kappa shape index (κ1) is 15.0. The first-order chi connectivity index (χ1) is 10.1. The summed E-state index contributed by atoms with van der Waals surface area (Å²) in [6.45, 7) is 4.92. The molecule has 2 aromatic rings. The number of hydrogen-bond acceptors (Lipinski definition) is 4. The predicted molar refractivity (Wildman–Crippen MR) is 83.2 cm³/mol. The number of aryl methyl sites for hydroxylation is 1.